The molecule has 17 heavy (non-hydrogen) atoms. The minimum atomic E-state index is -6.00. The van der Waals surface area contributed by atoms with Gasteiger partial charge in [-0.1, -0.05) is 30.3 Å². The van der Waals surface area contributed by atoms with Crippen molar-refractivity contribution in [1.29, 1.82) is 0 Å². The van der Waals surface area contributed by atoms with Crippen molar-refractivity contribution in [1.82, 2.24) is 0 Å². The van der Waals surface area contributed by atoms with Gasteiger partial charge in [-0.15, -0.1) is 0 Å². The highest BCUT2D eigenvalue weighted by Crippen LogP contribution is 2.06. The van der Waals surface area contributed by atoms with Gasteiger partial charge in [-0.05, 0) is 10.9 Å². The van der Waals surface area contributed by atoms with Gasteiger partial charge in [0.1, 0.15) is 0 Å². The van der Waals surface area contributed by atoms with Crippen molar-refractivity contribution in [2.75, 3.05) is 18.3 Å². The Bertz CT molecular complexity index is 334. The Hall–Kier alpha value is -0.975. The van der Waals surface area contributed by atoms with E-state index in [9.17, 15) is 22.1 Å². The number of carbonyl (C=O) groups is 1. The monoisotopic (exact) mass is 268 g/mol. The zero-order valence-electron chi connectivity index (χ0n) is 9.50. The SMILES string of the molecule is C[S+](C)CC(=O)c1ccccc1.F[B-](F)(F)F. The topological polar surface area (TPSA) is 17.1 Å². The molecular weight excluding hydrogens is 255 g/mol. The second kappa shape index (κ2) is 7.37. The Balaban J connectivity index is 0.000000437. The molecule has 0 aliphatic rings. The minimum absolute atomic E-state index is 0.204. The van der Waals surface area contributed by atoms with Crippen molar-refractivity contribution >= 4 is 23.9 Å². The molecule has 1 aromatic rings. The Morgan fingerprint density at radius 1 is 1.12 bits per heavy atom. The van der Waals surface area contributed by atoms with E-state index in [1.165, 1.54) is 0 Å². The fourth-order valence-corrected chi connectivity index (χ4v) is 1.66. The standard InChI is InChI=1S/C10H13OS.BF4/c1-12(2)8-10(11)9-6-4-3-5-7-9;2-1(3,4)5/h3-7H,8H2,1-2H3;/q+1;-1. The van der Waals surface area contributed by atoms with Crippen LogP contribution in [-0.2, 0) is 10.9 Å². The summed E-state index contributed by atoms with van der Waals surface area (Å²) in [6.45, 7) is 0. The summed E-state index contributed by atoms with van der Waals surface area (Å²) in [7, 11) is -5.80. The maximum Gasteiger partial charge on any atom is 0.673 e. The molecule has 0 amide bonds. The third kappa shape index (κ3) is 11.3. The Labute approximate surface area is 101 Å². The molecule has 0 aromatic heterocycles. The molecule has 0 unspecified atom stereocenters. The molecule has 0 aliphatic heterocycles. The van der Waals surface area contributed by atoms with Crippen LogP contribution in [-0.4, -0.2) is 31.3 Å². The zero-order chi connectivity index (χ0) is 13.5. The van der Waals surface area contributed by atoms with Crippen LogP contribution in [0.25, 0.3) is 0 Å². The molecule has 0 radical (unpaired) electrons. The van der Waals surface area contributed by atoms with E-state index in [4.69, 9.17) is 0 Å². The lowest BCUT2D eigenvalue weighted by Crippen LogP contribution is -2.13. The first-order valence-electron chi connectivity index (χ1n) is 4.70. The summed E-state index contributed by atoms with van der Waals surface area (Å²) in [5.74, 6) is 0.924. The molecule has 0 saturated carbocycles. The van der Waals surface area contributed by atoms with Crippen LogP contribution >= 0.6 is 0 Å². The average molecular weight is 268 g/mol. The Morgan fingerprint density at radius 3 is 1.88 bits per heavy atom. The zero-order valence-corrected chi connectivity index (χ0v) is 10.3. The summed E-state index contributed by atoms with van der Waals surface area (Å²) in [6, 6.07) is 9.46. The highest BCUT2D eigenvalue weighted by atomic mass is 32.2. The van der Waals surface area contributed by atoms with Crippen LogP contribution in [0.4, 0.5) is 17.3 Å². The number of rotatable bonds is 3. The number of benzene rings is 1. The van der Waals surface area contributed by atoms with Gasteiger partial charge in [-0.25, -0.2) is 0 Å². The average Bonchev–Trinajstić information content (AvgIpc) is 2.15. The fourth-order valence-electron chi connectivity index (χ4n) is 0.970. The van der Waals surface area contributed by atoms with Gasteiger partial charge in [0.25, 0.3) is 0 Å². The Kier molecular flexibility index (Phi) is 6.95. The molecule has 0 atom stereocenters. The van der Waals surface area contributed by atoms with Crippen molar-refractivity contribution in [3.63, 3.8) is 0 Å². The van der Waals surface area contributed by atoms with E-state index in [0.29, 0.717) is 5.75 Å². The summed E-state index contributed by atoms with van der Waals surface area (Å²) in [6.07, 6.45) is 4.17. The number of hydrogen-bond donors (Lipinski definition) is 0. The van der Waals surface area contributed by atoms with E-state index < -0.39 is 7.25 Å². The van der Waals surface area contributed by atoms with Gasteiger partial charge < -0.3 is 17.3 Å². The highest BCUT2D eigenvalue weighted by molar-refractivity contribution is 7.96. The number of halogens is 4. The molecule has 0 fully saturated rings. The van der Waals surface area contributed by atoms with Gasteiger partial charge in [0, 0.05) is 5.56 Å². The maximum atomic E-state index is 11.5. The van der Waals surface area contributed by atoms with E-state index in [1.54, 1.807) is 0 Å². The molecule has 96 valence electrons. The third-order valence-electron chi connectivity index (χ3n) is 1.52. The largest absolute Gasteiger partial charge is 0.673 e. The van der Waals surface area contributed by atoms with Crippen LogP contribution < -0.4 is 0 Å². The predicted molar refractivity (Wildman–Crippen MR) is 65.0 cm³/mol. The predicted octanol–water partition coefficient (Wildman–Crippen LogP) is 3.05. The molecule has 1 aromatic carbocycles. The van der Waals surface area contributed by atoms with Gasteiger partial charge >= 0.3 is 7.25 Å². The normalized spacial score (nSPS) is 10.8. The second-order valence-electron chi connectivity index (χ2n) is 3.41. The van der Waals surface area contributed by atoms with Crippen molar-refractivity contribution in [3.05, 3.63) is 35.9 Å². The van der Waals surface area contributed by atoms with Crippen molar-refractivity contribution < 1.29 is 22.1 Å². The smallest absolute Gasteiger partial charge is 0.418 e. The lowest BCUT2D eigenvalue weighted by atomic mass is 10.2. The maximum absolute atomic E-state index is 11.5. The van der Waals surface area contributed by atoms with Gasteiger partial charge in [0.2, 0.25) is 5.78 Å². The van der Waals surface area contributed by atoms with E-state index in [0.717, 1.165) is 5.56 Å². The molecule has 1 nitrogen and oxygen atoms in total. The molecule has 0 aliphatic carbocycles. The lowest BCUT2D eigenvalue weighted by Gasteiger charge is -1.97. The quantitative estimate of drug-likeness (QED) is 0.356. The highest BCUT2D eigenvalue weighted by Gasteiger charge is 2.20. The van der Waals surface area contributed by atoms with Crippen molar-refractivity contribution in [3.8, 4) is 0 Å². The van der Waals surface area contributed by atoms with Crippen LogP contribution in [0.5, 0.6) is 0 Å². The molecule has 0 heterocycles. The molecule has 0 spiro atoms. The number of hydrogen-bond acceptors (Lipinski definition) is 1. The third-order valence-corrected chi connectivity index (χ3v) is 2.36. The van der Waals surface area contributed by atoms with Crippen molar-refractivity contribution in [2.45, 2.75) is 0 Å². The lowest BCUT2D eigenvalue weighted by molar-refractivity contribution is 0.102. The summed E-state index contributed by atoms with van der Waals surface area (Å²) < 4.78 is 39.0. The first-order valence-corrected chi connectivity index (χ1v) is 6.91. The van der Waals surface area contributed by atoms with Crippen LogP contribution in [0, 0.1) is 0 Å². The number of ketones is 1. The van der Waals surface area contributed by atoms with Crippen LogP contribution in [0.2, 0.25) is 0 Å². The van der Waals surface area contributed by atoms with Gasteiger partial charge in [0.05, 0.1) is 12.5 Å². The van der Waals surface area contributed by atoms with E-state index in [1.807, 2.05) is 30.3 Å². The van der Waals surface area contributed by atoms with E-state index >= 15 is 0 Å². The molecule has 7 heteroatoms. The molecule has 0 bridgehead atoms. The number of Topliss-reactive ketones (excluding diaryl/α,β-unsaturated/α-hetero) is 1. The first-order chi connectivity index (χ1) is 7.70. The van der Waals surface area contributed by atoms with Crippen molar-refractivity contribution in [2.24, 2.45) is 0 Å². The van der Waals surface area contributed by atoms with Gasteiger partial charge in [-0.2, -0.15) is 0 Å². The van der Waals surface area contributed by atoms with Gasteiger partial charge in [0.15, 0.2) is 5.75 Å². The summed E-state index contributed by atoms with van der Waals surface area (Å²) in [4.78, 5) is 11.5. The summed E-state index contributed by atoms with van der Waals surface area (Å²) in [5.41, 5.74) is 0.832. The summed E-state index contributed by atoms with van der Waals surface area (Å²) >= 11 is 0. The number of carbonyl (C=O) groups excluding carboxylic acids is 1. The summed E-state index contributed by atoms with van der Waals surface area (Å²) in [5, 5.41) is 0. The van der Waals surface area contributed by atoms with E-state index in [-0.39, 0.29) is 16.7 Å². The van der Waals surface area contributed by atoms with Crippen LogP contribution in [0.15, 0.2) is 30.3 Å². The molecule has 1 rings (SSSR count). The van der Waals surface area contributed by atoms with Gasteiger partial charge in [-0.3, -0.25) is 4.79 Å². The molecule has 0 saturated heterocycles. The second-order valence-corrected chi connectivity index (χ2v) is 5.67. The van der Waals surface area contributed by atoms with Crippen LogP contribution in [0.3, 0.4) is 0 Å². The Morgan fingerprint density at radius 2 is 1.53 bits per heavy atom. The van der Waals surface area contributed by atoms with E-state index in [2.05, 4.69) is 12.5 Å². The molecular formula is C10H13BF4OS. The van der Waals surface area contributed by atoms with Crippen LogP contribution in [0.1, 0.15) is 10.4 Å². The molecule has 0 N–H and O–H groups in total. The fraction of sp³-hybridized carbons (Fsp3) is 0.300. The minimum Gasteiger partial charge on any atom is -0.418 e. The first kappa shape index (κ1) is 16.0.